The van der Waals surface area contributed by atoms with Gasteiger partial charge in [-0.2, -0.15) is 11.8 Å². The third-order valence-corrected chi connectivity index (χ3v) is 3.93. The van der Waals surface area contributed by atoms with E-state index in [-0.39, 0.29) is 11.6 Å². The van der Waals surface area contributed by atoms with Crippen LogP contribution in [0, 0.1) is 10.1 Å². The standard InChI is InChI=1S/C11H13N3O4S/c15-11(16)8-5-10(12-6-9(8)14(17)18)13-7-1-3-19-4-2-7/h5-7H,1-4H2,(H,12,13)(H,15,16). The molecule has 1 fully saturated rings. The molecule has 2 heterocycles. The van der Waals surface area contributed by atoms with Crippen LogP contribution in [0.15, 0.2) is 12.3 Å². The molecule has 1 aliphatic rings. The van der Waals surface area contributed by atoms with E-state index in [1.807, 2.05) is 11.8 Å². The van der Waals surface area contributed by atoms with Crippen LogP contribution in [0.25, 0.3) is 0 Å². The SMILES string of the molecule is O=C(O)c1cc(NC2CCSCC2)ncc1[N+](=O)[O-]. The first-order chi connectivity index (χ1) is 9.08. The molecule has 0 radical (unpaired) electrons. The Morgan fingerprint density at radius 2 is 2.21 bits per heavy atom. The van der Waals surface area contributed by atoms with E-state index >= 15 is 0 Å². The number of anilines is 1. The van der Waals surface area contributed by atoms with Crippen molar-refractivity contribution in [3.05, 3.63) is 27.9 Å². The molecule has 102 valence electrons. The van der Waals surface area contributed by atoms with Crippen molar-refractivity contribution in [2.24, 2.45) is 0 Å². The van der Waals surface area contributed by atoms with Crippen LogP contribution in [0.3, 0.4) is 0 Å². The van der Waals surface area contributed by atoms with E-state index in [9.17, 15) is 14.9 Å². The predicted octanol–water partition coefficient (Wildman–Crippen LogP) is 2.00. The summed E-state index contributed by atoms with van der Waals surface area (Å²) >= 11 is 1.88. The number of carbonyl (C=O) groups is 1. The summed E-state index contributed by atoms with van der Waals surface area (Å²) < 4.78 is 0. The number of rotatable bonds is 4. The number of carboxylic acids is 1. The Morgan fingerprint density at radius 3 is 2.79 bits per heavy atom. The number of hydrogen-bond donors (Lipinski definition) is 2. The lowest BCUT2D eigenvalue weighted by molar-refractivity contribution is -0.385. The predicted molar refractivity (Wildman–Crippen MR) is 71.8 cm³/mol. The van der Waals surface area contributed by atoms with Crippen LogP contribution < -0.4 is 5.32 Å². The maximum absolute atomic E-state index is 11.0. The van der Waals surface area contributed by atoms with Crippen LogP contribution in [0.1, 0.15) is 23.2 Å². The third kappa shape index (κ3) is 3.34. The molecule has 0 saturated carbocycles. The summed E-state index contributed by atoms with van der Waals surface area (Å²) in [5.41, 5.74) is -0.829. The molecule has 0 bridgehead atoms. The second-order valence-electron chi connectivity index (χ2n) is 4.18. The number of nitro groups is 1. The fourth-order valence-corrected chi connectivity index (χ4v) is 3.00. The molecule has 1 aliphatic heterocycles. The summed E-state index contributed by atoms with van der Waals surface area (Å²) in [7, 11) is 0. The van der Waals surface area contributed by atoms with E-state index in [1.165, 1.54) is 6.07 Å². The summed E-state index contributed by atoms with van der Waals surface area (Å²) in [6.45, 7) is 0. The fourth-order valence-electron chi connectivity index (χ4n) is 1.89. The Kier molecular flexibility index (Phi) is 4.20. The molecule has 7 nitrogen and oxygen atoms in total. The first-order valence-electron chi connectivity index (χ1n) is 5.80. The van der Waals surface area contributed by atoms with Crippen LogP contribution in [-0.2, 0) is 0 Å². The second-order valence-corrected chi connectivity index (χ2v) is 5.40. The zero-order valence-corrected chi connectivity index (χ0v) is 10.9. The molecule has 0 spiro atoms. The fraction of sp³-hybridized carbons (Fsp3) is 0.455. The topological polar surface area (TPSA) is 105 Å². The maximum Gasteiger partial charge on any atom is 0.342 e. The molecule has 0 aliphatic carbocycles. The monoisotopic (exact) mass is 283 g/mol. The van der Waals surface area contributed by atoms with Crippen molar-refractivity contribution < 1.29 is 14.8 Å². The quantitative estimate of drug-likeness (QED) is 0.643. The van der Waals surface area contributed by atoms with Crippen molar-refractivity contribution in [3.8, 4) is 0 Å². The van der Waals surface area contributed by atoms with Crippen LogP contribution >= 0.6 is 11.8 Å². The van der Waals surface area contributed by atoms with Gasteiger partial charge in [0.15, 0.2) is 0 Å². The minimum Gasteiger partial charge on any atom is -0.477 e. The lowest BCUT2D eigenvalue weighted by Crippen LogP contribution is -2.25. The summed E-state index contributed by atoms with van der Waals surface area (Å²) in [4.78, 5) is 24.9. The molecule has 1 aromatic heterocycles. The van der Waals surface area contributed by atoms with Gasteiger partial charge in [0, 0.05) is 12.1 Å². The lowest BCUT2D eigenvalue weighted by atomic mass is 10.1. The van der Waals surface area contributed by atoms with Gasteiger partial charge in [-0.15, -0.1) is 0 Å². The van der Waals surface area contributed by atoms with Crippen molar-refractivity contribution in [2.75, 3.05) is 16.8 Å². The van der Waals surface area contributed by atoms with Gasteiger partial charge in [-0.1, -0.05) is 0 Å². The molecule has 0 amide bonds. The highest BCUT2D eigenvalue weighted by Gasteiger charge is 2.22. The molecule has 0 aromatic carbocycles. The molecule has 19 heavy (non-hydrogen) atoms. The number of carboxylic acid groups (broad SMARTS) is 1. The lowest BCUT2D eigenvalue weighted by Gasteiger charge is -2.23. The number of aromatic nitrogens is 1. The Labute approximate surface area is 113 Å². The summed E-state index contributed by atoms with van der Waals surface area (Å²) in [5.74, 6) is 1.16. The number of nitrogens with zero attached hydrogens (tertiary/aromatic N) is 2. The third-order valence-electron chi connectivity index (χ3n) is 2.88. The van der Waals surface area contributed by atoms with E-state index in [0.717, 1.165) is 30.5 Å². The van der Waals surface area contributed by atoms with E-state index in [1.54, 1.807) is 0 Å². The molecular weight excluding hydrogens is 270 g/mol. The van der Waals surface area contributed by atoms with Gasteiger partial charge < -0.3 is 10.4 Å². The van der Waals surface area contributed by atoms with Crippen molar-refractivity contribution in [1.82, 2.24) is 4.98 Å². The van der Waals surface area contributed by atoms with E-state index in [2.05, 4.69) is 10.3 Å². The van der Waals surface area contributed by atoms with Crippen molar-refractivity contribution in [2.45, 2.75) is 18.9 Å². The Balaban J connectivity index is 2.20. The highest BCUT2D eigenvalue weighted by atomic mass is 32.2. The van der Waals surface area contributed by atoms with Gasteiger partial charge in [-0.25, -0.2) is 9.78 Å². The Morgan fingerprint density at radius 1 is 1.53 bits per heavy atom. The molecule has 0 unspecified atom stereocenters. The van der Waals surface area contributed by atoms with Crippen LogP contribution in [0.2, 0.25) is 0 Å². The van der Waals surface area contributed by atoms with Crippen molar-refractivity contribution in [1.29, 1.82) is 0 Å². The van der Waals surface area contributed by atoms with Crippen molar-refractivity contribution in [3.63, 3.8) is 0 Å². The van der Waals surface area contributed by atoms with Gasteiger partial charge in [0.05, 0.1) is 4.92 Å². The Bertz CT molecular complexity index is 503. The zero-order chi connectivity index (χ0) is 13.8. The number of aromatic carboxylic acids is 1. The van der Waals surface area contributed by atoms with Crippen LogP contribution in [0.4, 0.5) is 11.5 Å². The largest absolute Gasteiger partial charge is 0.477 e. The summed E-state index contributed by atoms with van der Waals surface area (Å²) in [6, 6.07) is 1.47. The minimum atomic E-state index is -1.32. The second kappa shape index (κ2) is 5.87. The smallest absolute Gasteiger partial charge is 0.342 e. The molecule has 1 aromatic rings. The van der Waals surface area contributed by atoms with Crippen LogP contribution in [0.5, 0.6) is 0 Å². The number of nitrogens with one attached hydrogen (secondary N) is 1. The first kappa shape index (κ1) is 13.6. The average molecular weight is 283 g/mol. The van der Waals surface area contributed by atoms with Crippen LogP contribution in [-0.4, -0.2) is 38.5 Å². The van der Waals surface area contributed by atoms with E-state index < -0.39 is 16.6 Å². The normalized spacial score (nSPS) is 16.0. The highest BCUT2D eigenvalue weighted by molar-refractivity contribution is 7.99. The zero-order valence-electron chi connectivity index (χ0n) is 10.0. The van der Waals surface area contributed by atoms with Crippen molar-refractivity contribution >= 4 is 29.2 Å². The van der Waals surface area contributed by atoms with Gasteiger partial charge in [-0.05, 0) is 24.3 Å². The molecule has 0 atom stereocenters. The number of thioether (sulfide) groups is 1. The minimum absolute atomic E-state index is 0.247. The molecule has 1 saturated heterocycles. The Hall–Kier alpha value is -1.83. The molecule has 2 rings (SSSR count). The van der Waals surface area contributed by atoms with Gasteiger partial charge in [0.25, 0.3) is 0 Å². The van der Waals surface area contributed by atoms with E-state index in [4.69, 9.17) is 5.11 Å². The molecular formula is C11H13N3O4S. The highest BCUT2D eigenvalue weighted by Crippen LogP contribution is 2.23. The molecule has 8 heteroatoms. The number of hydrogen-bond acceptors (Lipinski definition) is 6. The maximum atomic E-state index is 11.0. The van der Waals surface area contributed by atoms with E-state index in [0.29, 0.717) is 5.82 Å². The summed E-state index contributed by atoms with van der Waals surface area (Å²) in [5, 5.41) is 22.8. The van der Waals surface area contributed by atoms with Gasteiger partial charge in [0.2, 0.25) is 0 Å². The molecule has 2 N–H and O–H groups in total. The van der Waals surface area contributed by atoms with Gasteiger partial charge in [-0.3, -0.25) is 10.1 Å². The summed E-state index contributed by atoms with van der Waals surface area (Å²) in [6.07, 6.45) is 2.95. The number of pyridine rings is 1. The average Bonchev–Trinajstić information content (AvgIpc) is 2.39. The van der Waals surface area contributed by atoms with Gasteiger partial charge in [0.1, 0.15) is 17.6 Å². The van der Waals surface area contributed by atoms with Gasteiger partial charge >= 0.3 is 11.7 Å². The first-order valence-corrected chi connectivity index (χ1v) is 6.95.